The number of allylic oxidation sites excluding steroid dienone is 1. The SMILES string of the molecule is CC1(C2C(c3cccc(C(F)(F)F)c3)=Cc3ccccc32)CCOC(C2=CN(c3ccc[nH]3)CC(OC3CC3)=C2)C1. The van der Waals surface area contributed by atoms with Crippen LogP contribution in [0, 0.1) is 5.41 Å². The molecule has 7 heteroatoms. The third-order valence-electron chi connectivity index (χ3n) is 8.86. The van der Waals surface area contributed by atoms with Crippen LogP contribution in [0.4, 0.5) is 19.0 Å². The van der Waals surface area contributed by atoms with Gasteiger partial charge in [0.05, 0.1) is 24.3 Å². The van der Waals surface area contributed by atoms with Crippen molar-refractivity contribution in [1.82, 2.24) is 4.98 Å². The number of alkyl halides is 3. The van der Waals surface area contributed by atoms with Crippen LogP contribution in [0.1, 0.15) is 60.8 Å². The van der Waals surface area contributed by atoms with Crippen molar-refractivity contribution in [3.8, 4) is 0 Å². The predicted octanol–water partition coefficient (Wildman–Crippen LogP) is 8.32. The molecular formula is C34H33F3N2O2. The van der Waals surface area contributed by atoms with Crippen LogP contribution >= 0.6 is 0 Å². The lowest BCUT2D eigenvalue weighted by Crippen LogP contribution is -2.39. The van der Waals surface area contributed by atoms with Gasteiger partial charge in [-0.05, 0) is 83.7 Å². The number of H-pyrrole nitrogens is 1. The van der Waals surface area contributed by atoms with Gasteiger partial charge in [0.1, 0.15) is 11.6 Å². The average Bonchev–Trinajstić information content (AvgIpc) is 3.44. The predicted molar refractivity (Wildman–Crippen MR) is 154 cm³/mol. The molecule has 0 radical (unpaired) electrons. The molecule has 2 fully saturated rings. The first-order valence-corrected chi connectivity index (χ1v) is 14.4. The van der Waals surface area contributed by atoms with Crippen LogP contribution in [0.2, 0.25) is 0 Å². The number of benzene rings is 2. The Hall–Kier alpha value is -3.71. The van der Waals surface area contributed by atoms with Crippen LogP contribution in [0.25, 0.3) is 11.6 Å². The van der Waals surface area contributed by atoms with E-state index in [9.17, 15) is 13.2 Å². The summed E-state index contributed by atoms with van der Waals surface area (Å²) in [6.07, 6.45) is 7.73. The van der Waals surface area contributed by atoms with E-state index in [0.29, 0.717) is 24.8 Å². The Morgan fingerprint density at radius 2 is 1.88 bits per heavy atom. The minimum Gasteiger partial charge on any atom is -0.493 e. The number of hydrogen-bond donors (Lipinski definition) is 1. The molecule has 2 aromatic carbocycles. The smallest absolute Gasteiger partial charge is 0.416 e. The summed E-state index contributed by atoms with van der Waals surface area (Å²) in [5.41, 5.74) is 4.01. The van der Waals surface area contributed by atoms with Gasteiger partial charge in [-0.25, -0.2) is 0 Å². The lowest BCUT2D eigenvalue weighted by Gasteiger charge is -2.45. The Morgan fingerprint density at radius 1 is 1.02 bits per heavy atom. The number of aromatic amines is 1. The Kier molecular flexibility index (Phi) is 6.38. The van der Waals surface area contributed by atoms with E-state index in [1.54, 1.807) is 0 Å². The fourth-order valence-electron chi connectivity index (χ4n) is 6.66. The highest BCUT2D eigenvalue weighted by atomic mass is 19.4. The van der Waals surface area contributed by atoms with E-state index < -0.39 is 11.7 Å². The number of ether oxygens (including phenoxy) is 2. The molecule has 4 nitrogen and oxygen atoms in total. The lowest BCUT2D eigenvalue weighted by atomic mass is 9.64. The zero-order chi connectivity index (χ0) is 28.2. The summed E-state index contributed by atoms with van der Waals surface area (Å²) in [5, 5.41) is 0. The molecule has 3 heterocycles. The summed E-state index contributed by atoms with van der Waals surface area (Å²) in [6, 6.07) is 18.0. The van der Waals surface area contributed by atoms with Crippen LogP contribution in [0.3, 0.4) is 0 Å². The summed E-state index contributed by atoms with van der Waals surface area (Å²) >= 11 is 0. The summed E-state index contributed by atoms with van der Waals surface area (Å²) < 4.78 is 53.8. The van der Waals surface area contributed by atoms with E-state index in [-0.39, 0.29) is 17.4 Å². The van der Waals surface area contributed by atoms with Gasteiger partial charge in [-0.15, -0.1) is 0 Å². The van der Waals surface area contributed by atoms with Crippen molar-refractivity contribution in [2.75, 3.05) is 18.1 Å². The lowest BCUT2D eigenvalue weighted by molar-refractivity contribution is -0.137. The molecule has 2 aliphatic carbocycles. The zero-order valence-corrected chi connectivity index (χ0v) is 23.0. The number of nitrogens with zero attached hydrogens (tertiary/aromatic N) is 1. The molecule has 1 N–H and O–H groups in total. The molecule has 212 valence electrons. The van der Waals surface area contributed by atoms with Crippen molar-refractivity contribution in [3.05, 3.63) is 113 Å². The second-order valence-electron chi connectivity index (χ2n) is 11.9. The number of rotatable bonds is 6. The van der Waals surface area contributed by atoms with E-state index in [1.807, 2.05) is 36.5 Å². The highest BCUT2D eigenvalue weighted by Gasteiger charge is 2.46. The maximum absolute atomic E-state index is 13.7. The van der Waals surface area contributed by atoms with Crippen LogP contribution in [0.15, 0.2) is 90.5 Å². The molecule has 2 aliphatic heterocycles. The average molecular weight is 559 g/mol. The summed E-state index contributed by atoms with van der Waals surface area (Å²) in [6.45, 7) is 3.50. The van der Waals surface area contributed by atoms with Gasteiger partial charge in [0, 0.05) is 30.5 Å². The van der Waals surface area contributed by atoms with Gasteiger partial charge >= 0.3 is 6.18 Å². The Labute approximate surface area is 238 Å². The van der Waals surface area contributed by atoms with Crippen molar-refractivity contribution in [1.29, 1.82) is 0 Å². The molecular weight excluding hydrogens is 525 g/mol. The van der Waals surface area contributed by atoms with Crippen molar-refractivity contribution in [3.63, 3.8) is 0 Å². The first kappa shape index (κ1) is 26.2. The van der Waals surface area contributed by atoms with E-state index in [0.717, 1.165) is 60.0 Å². The third-order valence-corrected chi connectivity index (χ3v) is 8.86. The van der Waals surface area contributed by atoms with Gasteiger partial charge in [0.25, 0.3) is 0 Å². The zero-order valence-electron chi connectivity index (χ0n) is 23.0. The van der Waals surface area contributed by atoms with Crippen LogP contribution in [-0.4, -0.2) is 30.3 Å². The first-order chi connectivity index (χ1) is 19.8. The second-order valence-corrected chi connectivity index (χ2v) is 11.9. The number of halogens is 3. The fraction of sp³-hybridized carbons (Fsp3) is 0.353. The van der Waals surface area contributed by atoms with E-state index in [1.165, 1.54) is 17.7 Å². The Bertz CT molecular complexity index is 1530. The fourth-order valence-corrected chi connectivity index (χ4v) is 6.66. The van der Waals surface area contributed by atoms with E-state index in [4.69, 9.17) is 9.47 Å². The van der Waals surface area contributed by atoms with Gasteiger partial charge in [-0.3, -0.25) is 0 Å². The molecule has 7 rings (SSSR count). The van der Waals surface area contributed by atoms with Crippen LogP contribution in [0.5, 0.6) is 0 Å². The number of anilines is 1. The minimum atomic E-state index is -4.39. The topological polar surface area (TPSA) is 37.5 Å². The van der Waals surface area contributed by atoms with Crippen LogP contribution < -0.4 is 4.90 Å². The van der Waals surface area contributed by atoms with Gasteiger partial charge < -0.3 is 19.4 Å². The molecule has 3 unspecified atom stereocenters. The molecule has 1 saturated heterocycles. The molecule has 4 aliphatic rings. The number of fused-ring (bicyclic) bond motifs is 1. The summed E-state index contributed by atoms with van der Waals surface area (Å²) in [5.74, 6) is 1.88. The molecule has 0 bridgehead atoms. The molecule has 41 heavy (non-hydrogen) atoms. The minimum absolute atomic E-state index is 0.0524. The Balaban J connectivity index is 1.24. The van der Waals surface area contributed by atoms with Gasteiger partial charge in [-0.1, -0.05) is 49.4 Å². The molecule has 1 saturated carbocycles. The molecule has 3 aromatic rings. The van der Waals surface area contributed by atoms with Crippen molar-refractivity contribution in [2.45, 2.75) is 56.9 Å². The quantitative estimate of drug-likeness (QED) is 0.331. The van der Waals surface area contributed by atoms with Crippen molar-refractivity contribution >= 4 is 17.5 Å². The standard InChI is InChI=1S/C34H33F3N2O2/c1-33(32-28-9-3-2-6-23(28)18-29(32)22-7-4-8-25(16-22)34(35,36)37)13-15-40-30(19-33)24-17-27(41-26-11-12-26)21-39(20-24)31-10-5-14-38-31/h2-10,14,16-18,20,26,30,32,38H,11-13,15,19,21H2,1H3. The van der Waals surface area contributed by atoms with Gasteiger partial charge in [0.2, 0.25) is 0 Å². The van der Waals surface area contributed by atoms with Gasteiger partial charge in [-0.2, -0.15) is 13.2 Å². The van der Waals surface area contributed by atoms with Crippen molar-refractivity contribution in [2.24, 2.45) is 5.41 Å². The summed E-state index contributed by atoms with van der Waals surface area (Å²) in [7, 11) is 0. The number of nitrogens with one attached hydrogen (secondary N) is 1. The monoisotopic (exact) mass is 558 g/mol. The van der Waals surface area contributed by atoms with Crippen LogP contribution in [-0.2, 0) is 15.7 Å². The van der Waals surface area contributed by atoms with E-state index in [2.05, 4.69) is 47.3 Å². The van der Waals surface area contributed by atoms with Crippen molar-refractivity contribution < 1.29 is 22.6 Å². The largest absolute Gasteiger partial charge is 0.493 e. The third kappa shape index (κ3) is 5.12. The maximum Gasteiger partial charge on any atom is 0.416 e. The van der Waals surface area contributed by atoms with E-state index >= 15 is 0 Å². The number of hydrogen-bond acceptors (Lipinski definition) is 3. The Morgan fingerprint density at radius 3 is 2.66 bits per heavy atom. The second kappa shape index (κ2) is 9.98. The number of aromatic nitrogens is 1. The van der Waals surface area contributed by atoms with Gasteiger partial charge in [0.15, 0.2) is 0 Å². The first-order valence-electron chi connectivity index (χ1n) is 14.4. The summed E-state index contributed by atoms with van der Waals surface area (Å²) in [4.78, 5) is 5.47. The highest BCUT2D eigenvalue weighted by Crippen LogP contribution is 2.57. The molecule has 0 spiro atoms. The highest BCUT2D eigenvalue weighted by molar-refractivity contribution is 5.92. The molecule has 1 aromatic heterocycles. The molecule has 3 atom stereocenters. The molecule has 0 amide bonds. The normalized spacial score (nSPS) is 26.2. The maximum atomic E-state index is 13.7.